The Morgan fingerprint density at radius 1 is 0.800 bits per heavy atom. The van der Waals surface area contributed by atoms with Crippen molar-refractivity contribution < 1.29 is 13.6 Å². The van der Waals surface area contributed by atoms with Gasteiger partial charge in [0.15, 0.2) is 0 Å². The summed E-state index contributed by atoms with van der Waals surface area (Å²) < 4.78 is 25.0. The second-order valence-electron chi connectivity index (χ2n) is 5.11. The number of nitrogens with zero attached hydrogens (tertiary/aromatic N) is 1. The average molecular weight is 398 g/mol. The quantitative estimate of drug-likeness (QED) is 0.380. The largest absolute Gasteiger partial charge is 0.407 e. The standard InChI is InChI=1S/C18H24NO3PS2/c1-21-23(20,22-2)19(13-15-24-17-9-5-3-6-10-17)14-16-25-18-11-7-4-8-12-18/h3-12H,13-16H2,1-2H3. The molecule has 0 saturated heterocycles. The molecule has 0 fully saturated rings. The molecule has 0 bridgehead atoms. The van der Waals surface area contributed by atoms with E-state index in [9.17, 15) is 4.57 Å². The van der Waals surface area contributed by atoms with E-state index in [-0.39, 0.29) is 0 Å². The van der Waals surface area contributed by atoms with Crippen LogP contribution in [0.4, 0.5) is 0 Å². The summed E-state index contributed by atoms with van der Waals surface area (Å²) in [5, 5.41) is 0. The van der Waals surface area contributed by atoms with Crippen molar-refractivity contribution >= 4 is 31.3 Å². The van der Waals surface area contributed by atoms with E-state index in [1.807, 2.05) is 41.1 Å². The first kappa shape index (κ1) is 20.6. The van der Waals surface area contributed by atoms with Gasteiger partial charge in [-0.25, -0.2) is 9.24 Å². The summed E-state index contributed by atoms with van der Waals surface area (Å²) in [6.07, 6.45) is 0. The number of hydrogen-bond acceptors (Lipinski definition) is 5. The van der Waals surface area contributed by atoms with Crippen molar-refractivity contribution in [2.75, 3.05) is 38.8 Å². The molecule has 0 heterocycles. The average Bonchev–Trinajstić information content (AvgIpc) is 2.68. The lowest BCUT2D eigenvalue weighted by molar-refractivity contribution is 0.215. The molecule has 0 saturated carbocycles. The molecule has 0 aliphatic heterocycles. The minimum absolute atomic E-state index is 0.633. The fraction of sp³-hybridized carbons (Fsp3) is 0.333. The molecular weight excluding hydrogens is 373 g/mol. The van der Waals surface area contributed by atoms with Crippen LogP contribution in [0.3, 0.4) is 0 Å². The van der Waals surface area contributed by atoms with E-state index in [4.69, 9.17) is 9.05 Å². The third-order valence-corrected chi connectivity index (χ3v) is 7.53. The van der Waals surface area contributed by atoms with Crippen molar-refractivity contribution in [1.29, 1.82) is 0 Å². The van der Waals surface area contributed by atoms with Gasteiger partial charge in [0.2, 0.25) is 0 Å². The lowest BCUT2D eigenvalue weighted by atomic mass is 10.4. The number of thioether (sulfide) groups is 2. The summed E-state index contributed by atoms with van der Waals surface area (Å²) >= 11 is 3.47. The normalized spacial score (nSPS) is 11.8. The van der Waals surface area contributed by atoms with Gasteiger partial charge in [-0.2, -0.15) is 0 Å². The zero-order valence-corrected chi connectivity index (χ0v) is 17.1. The Morgan fingerprint density at radius 3 is 1.56 bits per heavy atom. The fourth-order valence-electron chi connectivity index (χ4n) is 2.23. The van der Waals surface area contributed by atoms with Gasteiger partial charge in [-0.1, -0.05) is 36.4 Å². The van der Waals surface area contributed by atoms with Gasteiger partial charge in [-0.15, -0.1) is 23.5 Å². The molecule has 0 radical (unpaired) electrons. The molecule has 0 aromatic heterocycles. The first-order chi connectivity index (χ1) is 12.2. The molecule has 0 aliphatic carbocycles. The van der Waals surface area contributed by atoms with Crippen molar-refractivity contribution in [3.63, 3.8) is 0 Å². The van der Waals surface area contributed by atoms with Gasteiger partial charge in [0.25, 0.3) is 0 Å². The number of benzene rings is 2. The van der Waals surface area contributed by atoms with Crippen LogP contribution in [0.5, 0.6) is 0 Å². The van der Waals surface area contributed by atoms with Crippen LogP contribution in [0.15, 0.2) is 70.5 Å². The summed E-state index contributed by atoms with van der Waals surface area (Å²) in [5.74, 6) is 1.63. The predicted molar refractivity (Wildman–Crippen MR) is 108 cm³/mol. The molecule has 0 amide bonds. The lowest BCUT2D eigenvalue weighted by Crippen LogP contribution is -2.27. The van der Waals surface area contributed by atoms with Crippen LogP contribution in [0, 0.1) is 0 Å². The molecule has 25 heavy (non-hydrogen) atoms. The van der Waals surface area contributed by atoms with Gasteiger partial charge in [-0.3, -0.25) is 9.05 Å². The predicted octanol–water partition coefficient (Wildman–Crippen LogP) is 5.27. The first-order valence-electron chi connectivity index (χ1n) is 8.00. The third-order valence-electron chi connectivity index (χ3n) is 3.53. The Kier molecular flexibility index (Phi) is 9.10. The molecule has 4 nitrogen and oxygen atoms in total. The Hall–Kier alpha value is -0.750. The summed E-state index contributed by atoms with van der Waals surface area (Å²) in [4.78, 5) is 2.40. The molecule has 0 aliphatic rings. The van der Waals surface area contributed by atoms with Crippen LogP contribution < -0.4 is 0 Å². The molecule has 2 aromatic carbocycles. The van der Waals surface area contributed by atoms with E-state index < -0.39 is 7.75 Å². The zero-order chi connectivity index (χ0) is 18.0. The monoisotopic (exact) mass is 397 g/mol. The molecular formula is C18H24NO3PS2. The molecule has 7 heteroatoms. The minimum Gasteiger partial charge on any atom is -0.300 e. The maximum Gasteiger partial charge on any atom is 0.407 e. The van der Waals surface area contributed by atoms with Crippen LogP contribution in [0.25, 0.3) is 0 Å². The third kappa shape index (κ3) is 6.81. The summed E-state index contributed by atoms with van der Waals surface area (Å²) in [5.41, 5.74) is 0. The Morgan fingerprint density at radius 2 is 1.20 bits per heavy atom. The van der Waals surface area contributed by atoms with E-state index in [1.165, 1.54) is 24.0 Å². The summed E-state index contributed by atoms with van der Waals surface area (Å²) in [7, 11) is -0.354. The van der Waals surface area contributed by atoms with Crippen LogP contribution in [-0.4, -0.2) is 43.5 Å². The maximum atomic E-state index is 12.8. The first-order valence-corrected chi connectivity index (χ1v) is 11.5. The molecule has 0 unspecified atom stereocenters. The SMILES string of the molecule is COP(=O)(OC)N(CCSc1ccccc1)CCSc1ccccc1. The van der Waals surface area contributed by atoms with Crippen molar-refractivity contribution in [1.82, 2.24) is 4.67 Å². The Labute approximate surface area is 158 Å². The minimum atomic E-state index is -3.23. The van der Waals surface area contributed by atoms with Gasteiger partial charge >= 0.3 is 7.75 Å². The Balaban J connectivity index is 1.89. The van der Waals surface area contributed by atoms with Crippen molar-refractivity contribution in [2.24, 2.45) is 0 Å². The van der Waals surface area contributed by atoms with Crippen LogP contribution >= 0.6 is 31.3 Å². The van der Waals surface area contributed by atoms with E-state index in [1.54, 1.807) is 23.5 Å². The van der Waals surface area contributed by atoms with Gasteiger partial charge < -0.3 is 0 Å². The van der Waals surface area contributed by atoms with Crippen LogP contribution in [0.1, 0.15) is 0 Å². The van der Waals surface area contributed by atoms with Crippen molar-refractivity contribution in [2.45, 2.75) is 9.79 Å². The molecule has 2 rings (SSSR count). The van der Waals surface area contributed by atoms with Crippen LogP contribution in [0.2, 0.25) is 0 Å². The highest BCUT2D eigenvalue weighted by Gasteiger charge is 2.30. The number of hydrogen-bond donors (Lipinski definition) is 0. The lowest BCUT2D eigenvalue weighted by Gasteiger charge is -2.27. The van der Waals surface area contributed by atoms with Gasteiger partial charge in [0.05, 0.1) is 0 Å². The van der Waals surface area contributed by atoms with Crippen molar-refractivity contribution in [3.05, 3.63) is 60.7 Å². The highest BCUT2D eigenvalue weighted by Crippen LogP contribution is 2.50. The molecule has 0 spiro atoms. The Bertz CT molecular complexity index is 604. The van der Waals surface area contributed by atoms with Gasteiger partial charge in [0, 0.05) is 48.6 Å². The van der Waals surface area contributed by atoms with Gasteiger partial charge in [-0.05, 0) is 24.3 Å². The second kappa shape index (κ2) is 11.1. The highest BCUT2D eigenvalue weighted by molar-refractivity contribution is 7.99. The van der Waals surface area contributed by atoms with E-state index in [2.05, 4.69) is 24.3 Å². The second-order valence-corrected chi connectivity index (χ2v) is 9.68. The highest BCUT2D eigenvalue weighted by atomic mass is 32.2. The zero-order valence-electron chi connectivity index (χ0n) is 14.5. The van der Waals surface area contributed by atoms with E-state index in [0.29, 0.717) is 13.1 Å². The van der Waals surface area contributed by atoms with Crippen LogP contribution in [-0.2, 0) is 13.6 Å². The van der Waals surface area contributed by atoms with Crippen molar-refractivity contribution in [3.8, 4) is 0 Å². The molecule has 0 N–H and O–H groups in total. The summed E-state index contributed by atoms with van der Waals surface area (Å²) in [6.45, 7) is 1.27. The van der Waals surface area contributed by atoms with E-state index >= 15 is 0 Å². The molecule has 2 aromatic rings. The summed E-state index contributed by atoms with van der Waals surface area (Å²) in [6, 6.07) is 20.4. The van der Waals surface area contributed by atoms with E-state index in [0.717, 1.165) is 11.5 Å². The molecule has 0 atom stereocenters. The number of rotatable bonds is 11. The van der Waals surface area contributed by atoms with Gasteiger partial charge in [0.1, 0.15) is 0 Å². The topological polar surface area (TPSA) is 38.8 Å². The smallest absolute Gasteiger partial charge is 0.300 e. The molecule has 136 valence electrons. The maximum absolute atomic E-state index is 12.8. The fourth-order valence-corrected chi connectivity index (χ4v) is 5.60.